The van der Waals surface area contributed by atoms with Crippen LogP contribution in [0.3, 0.4) is 0 Å². The number of carbonyl (C=O) groups excluding carboxylic acids is 3. The third-order valence-electron chi connectivity index (χ3n) is 17.6. The lowest BCUT2D eigenvalue weighted by Gasteiger charge is -2.38. The number of nitrogens with one attached hydrogen (secondary N) is 2. The molecular weight excluding hydrogens is 1100 g/mol. The molecular formula is C63H80FN7O14. The van der Waals surface area contributed by atoms with Crippen LogP contribution < -0.4 is 36.4 Å². The number of phenolic OH excluding ortho intramolecular Hbond substituents is 2. The molecule has 0 radical (unpaired) electrons. The number of piperidine rings is 1. The number of hydrogen-bond donors (Lipinski definition) is 7. The van der Waals surface area contributed by atoms with Crippen LogP contribution in [0.1, 0.15) is 120 Å². The number of carboxylic acids is 1. The van der Waals surface area contributed by atoms with E-state index in [1.807, 2.05) is 9.47 Å². The summed E-state index contributed by atoms with van der Waals surface area (Å²) in [4.78, 5) is 79.4. The van der Waals surface area contributed by atoms with Gasteiger partial charge in [-0.3, -0.25) is 29.2 Å². The molecule has 4 aromatic rings. The fourth-order valence-electron chi connectivity index (χ4n) is 12.5. The molecule has 10 rings (SSSR count). The van der Waals surface area contributed by atoms with E-state index in [9.17, 15) is 53.9 Å². The summed E-state index contributed by atoms with van der Waals surface area (Å²) in [5, 5.41) is 62.8. The van der Waals surface area contributed by atoms with Crippen molar-refractivity contribution in [2.75, 3.05) is 63.1 Å². The number of phenols is 2. The van der Waals surface area contributed by atoms with Crippen molar-refractivity contribution in [3.63, 3.8) is 0 Å². The summed E-state index contributed by atoms with van der Waals surface area (Å²) >= 11 is 0. The monoisotopic (exact) mass is 1180 g/mol. The first kappa shape index (κ1) is 62.3. The van der Waals surface area contributed by atoms with Crippen molar-refractivity contribution in [2.24, 2.45) is 39.6 Å². The molecule has 22 heteroatoms. The number of ether oxygens (including phenoxy) is 4. The number of aliphatic hydroxyl groups excluding tert-OH is 2. The van der Waals surface area contributed by atoms with E-state index in [2.05, 4.69) is 29.4 Å². The minimum absolute atomic E-state index is 0.0364. The largest absolute Gasteiger partial charge is 0.507 e. The molecule has 6 aliphatic rings. The van der Waals surface area contributed by atoms with Gasteiger partial charge in [0.25, 0.3) is 11.7 Å². The molecule has 1 aliphatic carbocycles. The topological polar surface area (TPSA) is 284 Å². The second-order valence-corrected chi connectivity index (χ2v) is 24.3. The Balaban J connectivity index is 0.000000297. The highest BCUT2D eigenvalue weighted by Gasteiger charge is 2.50. The molecule has 2 saturated heterocycles. The lowest BCUT2D eigenvalue weighted by molar-refractivity contribution is -0.160. The van der Waals surface area contributed by atoms with Gasteiger partial charge >= 0.3 is 17.7 Å². The average molecular weight is 1180 g/mol. The maximum atomic E-state index is 14.7. The Kier molecular flexibility index (Phi) is 18.0. The van der Waals surface area contributed by atoms with Crippen molar-refractivity contribution in [1.29, 1.82) is 0 Å². The number of aromatic carboxylic acids is 1. The number of likely N-dealkylation sites (tertiary alicyclic amines) is 1. The molecule has 21 nitrogen and oxygen atoms in total. The highest BCUT2D eigenvalue weighted by atomic mass is 19.1. The summed E-state index contributed by atoms with van der Waals surface area (Å²) in [6.07, 6.45) is 8.33. The van der Waals surface area contributed by atoms with Gasteiger partial charge in [0, 0.05) is 137 Å². The molecule has 1 aromatic heterocycles. The number of aromatic hydroxyl groups is 2. The Morgan fingerprint density at radius 3 is 2.20 bits per heavy atom. The number of amides is 1. The first-order valence-electron chi connectivity index (χ1n) is 29.4. The number of ketones is 1. The fourth-order valence-corrected chi connectivity index (χ4v) is 12.5. The molecule has 1 saturated carbocycles. The Morgan fingerprint density at radius 2 is 1.58 bits per heavy atom. The van der Waals surface area contributed by atoms with Gasteiger partial charge in [0.2, 0.25) is 5.43 Å². The van der Waals surface area contributed by atoms with Gasteiger partial charge in [0.05, 0.1) is 52.1 Å². The molecule has 458 valence electrons. The van der Waals surface area contributed by atoms with Gasteiger partial charge in [-0.05, 0) is 50.8 Å². The summed E-state index contributed by atoms with van der Waals surface area (Å²) < 4.78 is 40.4. The highest BCUT2D eigenvalue weighted by molar-refractivity contribution is 6.19. The number of anilines is 2. The van der Waals surface area contributed by atoms with E-state index in [-0.39, 0.29) is 72.4 Å². The highest BCUT2D eigenvalue weighted by Crippen LogP contribution is 2.50. The first-order chi connectivity index (χ1) is 40.2. The van der Waals surface area contributed by atoms with E-state index in [0.717, 1.165) is 32.5 Å². The lowest BCUT2D eigenvalue weighted by atomic mass is 9.78. The number of piperazine rings is 1. The number of allylic oxidation sites excluding steroid dienone is 2. The van der Waals surface area contributed by atoms with Gasteiger partial charge in [0.15, 0.2) is 11.4 Å². The van der Waals surface area contributed by atoms with Gasteiger partial charge in [-0.1, -0.05) is 59.8 Å². The zero-order valence-corrected chi connectivity index (χ0v) is 50.2. The Labute approximate surface area is 492 Å². The molecule has 6 heterocycles. The van der Waals surface area contributed by atoms with Crippen molar-refractivity contribution < 1.29 is 68.0 Å². The van der Waals surface area contributed by atoms with Crippen molar-refractivity contribution in [3.8, 4) is 17.2 Å². The van der Waals surface area contributed by atoms with Crippen molar-refractivity contribution >= 4 is 56.7 Å². The van der Waals surface area contributed by atoms with E-state index >= 15 is 0 Å². The number of rotatable bonds is 7. The van der Waals surface area contributed by atoms with Crippen molar-refractivity contribution in [2.45, 2.75) is 137 Å². The molecule has 1 spiro atoms. The number of pyridine rings is 1. The zero-order valence-electron chi connectivity index (χ0n) is 50.2. The van der Waals surface area contributed by atoms with E-state index in [1.165, 1.54) is 39.5 Å². The van der Waals surface area contributed by atoms with Gasteiger partial charge in [-0.15, -0.1) is 0 Å². The SMILES string of the molecule is CO[C@H]1/C=C\O[C@@]2(C)Oc3c(C)c(O)c4c(O)c(c5c(c4c3C2=O)=NC2(CCN(CC(C)C)CC2)N=5)NC(=O)/C(C)=C/C=C\[C@H](C)[C@H](O)[C@@H](C)[C@@H](O)[C@H](C)[C@@H](OC(C)=O)[C@@H]1C.O=C(O)c1cn(C2CC2)c2cc(N3CCNCC3)c(F)cc2c1=O. The third kappa shape index (κ3) is 12.2. The van der Waals surface area contributed by atoms with Crippen molar-refractivity contribution in [1.82, 2.24) is 14.8 Å². The number of methoxy groups -OCH3 is 1. The summed E-state index contributed by atoms with van der Waals surface area (Å²) in [6.45, 7) is 22.5. The number of Topliss-reactive ketones (excluding diaryl/α,β-unsaturated/α-hetero) is 1. The molecule has 4 bridgehead atoms. The van der Waals surface area contributed by atoms with E-state index in [1.54, 1.807) is 71.9 Å². The number of halogens is 1. The third-order valence-corrected chi connectivity index (χ3v) is 17.6. The number of aromatic nitrogens is 1. The summed E-state index contributed by atoms with van der Waals surface area (Å²) in [7, 11) is 1.47. The predicted molar refractivity (Wildman–Crippen MR) is 316 cm³/mol. The Morgan fingerprint density at radius 1 is 0.906 bits per heavy atom. The van der Waals surface area contributed by atoms with Crippen LogP contribution in [0.4, 0.5) is 15.8 Å². The molecule has 3 fully saturated rings. The molecule has 3 aromatic carbocycles. The lowest BCUT2D eigenvalue weighted by Crippen LogP contribution is -2.46. The number of fused-ring (bicyclic) bond motifs is 2. The van der Waals surface area contributed by atoms with Gasteiger partial charge in [0.1, 0.15) is 40.0 Å². The first-order valence-corrected chi connectivity index (χ1v) is 29.4. The molecule has 7 N–H and O–H groups in total. The van der Waals surface area contributed by atoms with Crippen LogP contribution in [0.5, 0.6) is 17.2 Å². The standard InChI is InChI=1S/C46H62N4O11.C17H18FN3O3/c1-22(2)21-50-18-16-46(17-19-50)48-34-31-32-39(54)28(8)42-33(31)43(56)45(10,61-42)59-20-15-30(58-11)25(5)41(60-29(9)51)27(7)38(53)26(6)37(52)23(3)13-12-14-24(4)44(57)47-36(40(32)55)35(34)49-46;18-13-7-11-14(8-15(13)20-5-3-19-4-6-20)21(10-1-2-10)9-12(16(11)22)17(23)24/h12-15,20,22-23,25-27,30,37-38,41,52-55H,16-19,21H2,1-11H3,(H,47,57);7-10,19H,1-6H2,(H,23,24)/b13-12-,20-15-,24-14+;/t23-,25+,26+,27-,30-,37-,38+,41-,45-;/m0./s1. The van der Waals surface area contributed by atoms with Gasteiger partial charge in [-0.25, -0.2) is 9.18 Å². The molecule has 0 unspecified atom stereocenters. The minimum Gasteiger partial charge on any atom is -0.507 e. The van der Waals surface area contributed by atoms with Crippen LogP contribution in [0, 0.1) is 42.3 Å². The van der Waals surface area contributed by atoms with Crippen LogP contribution in [0.2, 0.25) is 0 Å². The molecule has 1 amide bonds. The number of hydrogen-bond acceptors (Lipinski definition) is 18. The summed E-state index contributed by atoms with van der Waals surface area (Å²) in [5.74, 6) is -8.20. The van der Waals surface area contributed by atoms with Crippen LogP contribution in [-0.2, 0) is 23.8 Å². The van der Waals surface area contributed by atoms with E-state index < -0.39 is 100 Å². The molecule has 5 aliphatic heterocycles. The van der Waals surface area contributed by atoms with Crippen LogP contribution in [-0.4, -0.2) is 147 Å². The van der Waals surface area contributed by atoms with Crippen LogP contribution in [0.25, 0.3) is 21.7 Å². The Bertz CT molecular complexity index is 3600. The number of carbonyl (C=O) groups is 4. The fraction of sp³-hybridized carbons (Fsp3) is 0.540. The van der Waals surface area contributed by atoms with Crippen LogP contribution in [0.15, 0.2) is 69.2 Å². The van der Waals surface area contributed by atoms with Gasteiger partial charge in [-0.2, -0.15) is 0 Å². The van der Waals surface area contributed by atoms with E-state index in [0.29, 0.717) is 56.1 Å². The second-order valence-electron chi connectivity index (χ2n) is 24.3. The summed E-state index contributed by atoms with van der Waals surface area (Å²) in [6, 6.07) is 3.08. The number of esters is 1. The normalized spacial score (nSPS) is 28.6. The number of aliphatic hydroxyl groups is 2. The molecule has 9 atom stereocenters. The van der Waals surface area contributed by atoms with Crippen LogP contribution >= 0.6 is 0 Å². The zero-order chi connectivity index (χ0) is 61.7. The number of carboxylic acid groups (broad SMARTS) is 1. The van der Waals surface area contributed by atoms with Gasteiger partial charge < -0.3 is 69.5 Å². The van der Waals surface area contributed by atoms with E-state index in [4.69, 9.17) is 28.9 Å². The maximum absolute atomic E-state index is 14.7. The molecule has 85 heavy (non-hydrogen) atoms. The average Bonchev–Trinajstić information content (AvgIpc) is 4.01. The summed E-state index contributed by atoms with van der Waals surface area (Å²) in [5.41, 5.74) is -0.413. The maximum Gasteiger partial charge on any atom is 0.341 e. The Hall–Kier alpha value is -7.24. The quantitative estimate of drug-likeness (QED) is 0.0786. The number of nitrogens with zero attached hydrogens (tertiary/aromatic N) is 5. The predicted octanol–water partition coefficient (Wildman–Crippen LogP) is 6.33. The smallest absolute Gasteiger partial charge is 0.341 e. The second kappa shape index (κ2) is 24.6. The minimum atomic E-state index is -1.96. The number of benzene rings is 3. The van der Waals surface area contributed by atoms with Crippen molar-refractivity contribution in [3.05, 3.63) is 97.9 Å².